The normalized spacial score (nSPS) is 21.8. The number of likely N-dealkylation sites (tertiary alicyclic amines) is 1. The molecular weight excluding hydrogens is 256 g/mol. The predicted molar refractivity (Wildman–Crippen MR) is 77.8 cm³/mol. The summed E-state index contributed by atoms with van der Waals surface area (Å²) in [6.45, 7) is 4.02. The largest absolute Gasteiger partial charge is 0.341 e. The number of carbonyl (C=O) groups is 1. The summed E-state index contributed by atoms with van der Waals surface area (Å²) in [5.74, 6) is 1.82. The summed E-state index contributed by atoms with van der Waals surface area (Å²) in [4.78, 5) is 14.0. The standard InChI is InChI=1S/C12H24N2OS.ClH/c1-3-10-5-4-7-14(9-10)12(15)11(13)6-8-16-2;/h10-11H,3-9,13H2,1-2H3;1H/t10?,11-;/m0./s1. The topological polar surface area (TPSA) is 46.3 Å². The summed E-state index contributed by atoms with van der Waals surface area (Å²) in [5, 5.41) is 0. The van der Waals surface area contributed by atoms with Gasteiger partial charge in [-0.3, -0.25) is 4.79 Å². The van der Waals surface area contributed by atoms with Crippen LogP contribution in [-0.2, 0) is 4.79 Å². The Morgan fingerprint density at radius 1 is 1.59 bits per heavy atom. The number of hydrogen-bond acceptors (Lipinski definition) is 3. The summed E-state index contributed by atoms with van der Waals surface area (Å²) >= 11 is 1.75. The van der Waals surface area contributed by atoms with E-state index in [0.29, 0.717) is 5.92 Å². The van der Waals surface area contributed by atoms with Crippen LogP contribution in [0.4, 0.5) is 0 Å². The highest BCUT2D eigenvalue weighted by molar-refractivity contribution is 7.98. The van der Waals surface area contributed by atoms with Gasteiger partial charge in [0.25, 0.3) is 0 Å². The Morgan fingerprint density at radius 3 is 2.88 bits per heavy atom. The average molecular weight is 281 g/mol. The molecule has 0 aromatic carbocycles. The number of amides is 1. The minimum absolute atomic E-state index is 0. The van der Waals surface area contributed by atoms with Gasteiger partial charge in [0.15, 0.2) is 0 Å². The van der Waals surface area contributed by atoms with Gasteiger partial charge in [-0.05, 0) is 37.2 Å². The van der Waals surface area contributed by atoms with Gasteiger partial charge in [-0.15, -0.1) is 12.4 Å². The van der Waals surface area contributed by atoms with Crippen LogP contribution in [0.25, 0.3) is 0 Å². The lowest BCUT2D eigenvalue weighted by Gasteiger charge is -2.33. The Kier molecular flexibility index (Phi) is 9.10. The maximum Gasteiger partial charge on any atom is 0.239 e. The van der Waals surface area contributed by atoms with Crippen LogP contribution in [0.2, 0.25) is 0 Å². The molecule has 1 aliphatic heterocycles. The molecular formula is C12H25ClN2OS. The minimum atomic E-state index is -0.289. The quantitative estimate of drug-likeness (QED) is 0.839. The van der Waals surface area contributed by atoms with Gasteiger partial charge in [-0.25, -0.2) is 0 Å². The van der Waals surface area contributed by atoms with Crippen molar-refractivity contribution in [3.8, 4) is 0 Å². The molecule has 0 saturated carbocycles. The highest BCUT2D eigenvalue weighted by Gasteiger charge is 2.25. The average Bonchev–Trinajstić information content (AvgIpc) is 2.35. The first-order valence-corrected chi connectivity index (χ1v) is 7.61. The molecule has 1 amide bonds. The minimum Gasteiger partial charge on any atom is -0.341 e. The fourth-order valence-corrected chi connectivity index (χ4v) is 2.69. The zero-order valence-electron chi connectivity index (χ0n) is 10.9. The van der Waals surface area contributed by atoms with Crippen molar-refractivity contribution in [1.82, 2.24) is 4.90 Å². The number of nitrogens with zero attached hydrogens (tertiary/aromatic N) is 1. The lowest BCUT2D eigenvalue weighted by atomic mass is 9.95. The first kappa shape index (κ1) is 17.1. The molecule has 5 heteroatoms. The van der Waals surface area contributed by atoms with E-state index in [1.807, 2.05) is 11.2 Å². The van der Waals surface area contributed by atoms with Crippen molar-refractivity contribution in [2.45, 2.75) is 38.6 Å². The zero-order valence-corrected chi connectivity index (χ0v) is 12.5. The number of carbonyl (C=O) groups excluding carboxylic acids is 1. The number of halogens is 1. The van der Waals surface area contributed by atoms with Crippen LogP contribution in [0, 0.1) is 5.92 Å². The van der Waals surface area contributed by atoms with Crippen LogP contribution in [0.5, 0.6) is 0 Å². The third-order valence-corrected chi connectivity index (χ3v) is 4.00. The summed E-state index contributed by atoms with van der Waals surface area (Å²) in [6, 6.07) is -0.289. The van der Waals surface area contributed by atoms with Crippen LogP contribution in [0.3, 0.4) is 0 Å². The molecule has 0 radical (unpaired) electrons. The molecule has 0 aliphatic carbocycles. The number of hydrogen-bond donors (Lipinski definition) is 1. The van der Waals surface area contributed by atoms with E-state index in [9.17, 15) is 4.79 Å². The Morgan fingerprint density at radius 2 is 2.29 bits per heavy atom. The summed E-state index contributed by atoms with van der Waals surface area (Å²) < 4.78 is 0. The van der Waals surface area contributed by atoms with E-state index in [1.165, 1.54) is 12.8 Å². The number of nitrogens with two attached hydrogens (primary N) is 1. The smallest absolute Gasteiger partial charge is 0.239 e. The van der Waals surface area contributed by atoms with Crippen molar-refractivity contribution in [3.63, 3.8) is 0 Å². The van der Waals surface area contributed by atoms with Crippen molar-refractivity contribution in [2.24, 2.45) is 11.7 Å². The van der Waals surface area contributed by atoms with Crippen molar-refractivity contribution < 1.29 is 4.79 Å². The fraction of sp³-hybridized carbons (Fsp3) is 0.917. The monoisotopic (exact) mass is 280 g/mol. The highest BCUT2D eigenvalue weighted by Crippen LogP contribution is 2.19. The number of piperidine rings is 1. The first-order valence-electron chi connectivity index (χ1n) is 6.22. The third-order valence-electron chi connectivity index (χ3n) is 3.36. The van der Waals surface area contributed by atoms with Crippen molar-refractivity contribution in [3.05, 3.63) is 0 Å². The Balaban J connectivity index is 0.00000256. The molecule has 2 N–H and O–H groups in total. The number of rotatable bonds is 5. The van der Waals surface area contributed by atoms with Crippen LogP contribution in [-0.4, -0.2) is 41.9 Å². The second-order valence-corrected chi connectivity index (χ2v) is 5.57. The molecule has 1 unspecified atom stereocenters. The maximum absolute atomic E-state index is 12.1. The van der Waals surface area contributed by atoms with E-state index >= 15 is 0 Å². The van der Waals surface area contributed by atoms with E-state index in [2.05, 4.69) is 6.92 Å². The molecule has 0 bridgehead atoms. The molecule has 102 valence electrons. The van der Waals surface area contributed by atoms with Gasteiger partial charge in [0.05, 0.1) is 6.04 Å². The zero-order chi connectivity index (χ0) is 12.0. The van der Waals surface area contributed by atoms with Gasteiger partial charge in [0.1, 0.15) is 0 Å². The van der Waals surface area contributed by atoms with Crippen molar-refractivity contribution in [2.75, 3.05) is 25.1 Å². The van der Waals surface area contributed by atoms with E-state index in [4.69, 9.17) is 5.73 Å². The van der Waals surface area contributed by atoms with Crippen molar-refractivity contribution in [1.29, 1.82) is 0 Å². The van der Waals surface area contributed by atoms with E-state index < -0.39 is 0 Å². The fourth-order valence-electron chi connectivity index (χ4n) is 2.20. The molecule has 2 atom stereocenters. The van der Waals surface area contributed by atoms with E-state index in [1.54, 1.807) is 11.8 Å². The Labute approximate surface area is 115 Å². The van der Waals surface area contributed by atoms with Gasteiger partial charge in [0, 0.05) is 13.1 Å². The predicted octanol–water partition coefficient (Wildman–Crippen LogP) is 2.14. The van der Waals surface area contributed by atoms with Crippen LogP contribution >= 0.6 is 24.2 Å². The number of thioether (sulfide) groups is 1. The molecule has 1 fully saturated rings. The highest BCUT2D eigenvalue weighted by atomic mass is 35.5. The summed E-state index contributed by atoms with van der Waals surface area (Å²) in [5.41, 5.74) is 5.92. The SMILES string of the molecule is CCC1CCCN(C(=O)[C@@H](N)CCSC)C1.Cl. The molecule has 0 spiro atoms. The van der Waals surface area contributed by atoms with Crippen LogP contribution < -0.4 is 5.73 Å². The summed E-state index contributed by atoms with van der Waals surface area (Å²) in [7, 11) is 0. The lowest BCUT2D eigenvalue weighted by Crippen LogP contribution is -2.48. The third kappa shape index (κ3) is 5.49. The summed E-state index contributed by atoms with van der Waals surface area (Å²) in [6.07, 6.45) is 6.42. The van der Waals surface area contributed by atoms with Crippen molar-refractivity contribution >= 4 is 30.1 Å². The molecule has 1 saturated heterocycles. The van der Waals surface area contributed by atoms with Crippen LogP contribution in [0.15, 0.2) is 0 Å². The van der Waals surface area contributed by atoms with Gasteiger partial charge in [-0.1, -0.05) is 13.3 Å². The molecule has 0 aromatic rings. The van der Waals surface area contributed by atoms with Crippen LogP contribution in [0.1, 0.15) is 32.6 Å². The Bertz CT molecular complexity index is 229. The van der Waals surface area contributed by atoms with Gasteiger partial charge < -0.3 is 10.6 Å². The maximum atomic E-state index is 12.1. The first-order chi connectivity index (χ1) is 7.69. The molecule has 1 heterocycles. The molecule has 17 heavy (non-hydrogen) atoms. The molecule has 1 rings (SSSR count). The molecule has 3 nitrogen and oxygen atoms in total. The second-order valence-electron chi connectivity index (χ2n) is 4.59. The molecule has 0 aromatic heterocycles. The van der Waals surface area contributed by atoms with Gasteiger partial charge in [0.2, 0.25) is 5.91 Å². The van der Waals surface area contributed by atoms with E-state index in [0.717, 1.165) is 31.7 Å². The van der Waals surface area contributed by atoms with Gasteiger partial charge in [-0.2, -0.15) is 11.8 Å². The lowest BCUT2D eigenvalue weighted by molar-refractivity contribution is -0.134. The van der Waals surface area contributed by atoms with E-state index in [-0.39, 0.29) is 24.4 Å². The Hall–Kier alpha value is 0.0700. The molecule has 1 aliphatic rings. The van der Waals surface area contributed by atoms with Gasteiger partial charge >= 0.3 is 0 Å². The second kappa shape index (κ2) is 9.06.